The van der Waals surface area contributed by atoms with Crippen LogP contribution < -0.4 is 16.6 Å². The molecule has 0 aliphatic heterocycles. The largest absolute Gasteiger partial charge is 0.508 e. The first kappa shape index (κ1) is 29.3. The highest BCUT2D eigenvalue weighted by Crippen LogP contribution is 2.22. The first-order chi connectivity index (χ1) is 18.5. The summed E-state index contributed by atoms with van der Waals surface area (Å²) < 4.78 is 5.76. The van der Waals surface area contributed by atoms with Gasteiger partial charge in [0.1, 0.15) is 5.75 Å². The molecule has 0 fully saturated rings. The molecule has 9 heteroatoms. The van der Waals surface area contributed by atoms with Crippen molar-refractivity contribution >= 4 is 0 Å². The van der Waals surface area contributed by atoms with Gasteiger partial charge < -0.3 is 30.4 Å². The van der Waals surface area contributed by atoms with E-state index in [1.165, 1.54) is 12.3 Å². The third-order valence-electron chi connectivity index (χ3n) is 6.45. The first-order valence-corrected chi connectivity index (χ1v) is 13.3. The maximum Gasteiger partial charge on any atom is 0.325 e. The highest BCUT2D eigenvalue weighted by Gasteiger charge is 2.10. The molecule has 9 nitrogen and oxygen atoms in total. The molecule has 0 radical (unpaired) electrons. The van der Waals surface area contributed by atoms with Gasteiger partial charge in [0.05, 0.1) is 18.3 Å². The molecule has 0 aliphatic rings. The fourth-order valence-electron chi connectivity index (χ4n) is 4.26. The minimum absolute atomic E-state index is 0.0334. The second-order valence-electron chi connectivity index (χ2n) is 9.44. The van der Waals surface area contributed by atoms with Gasteiger partial charge in [-0.05, 0) is 67.5 Å². The van der Waals surface area contributed by atoms with Crippen LogP contribution in [-0.2, 0) is 17.8 Å². The SMILES string of the molecule is O=c1[nH]cc(-c2cccc(CCCCOCCCCCCNC[C@H](O)c3ccc(O)c(CO)c3)c2)c(=O)[nH]1. The molecule has 0 aliphatic carbocycles. The predicted molar refractivity (Wildman–Crippen MR) is 147 cm³/mol. The van der Waals surface area contributed by atoms with Crippen LogP contribution in [0.15, 0.2) is 58.3 Å². The zero-order chi connectivity index (χ0) is 27.2. The lowest BCUT2D eigenvalue weighted by Crippen LogP contribution is -2.22. The number of phenols is 1. The van der Waals surface area contributed by atoms with E-state index >= 15 is 0 Å². The van der Waals surface area contributed by atoms with Crippen LogP contribution in [0.5, 0.6) is 5.75 Å². The van der Waals surface area contributed by atoms with Crippen LogP contribution in [0.4, 0.5) is 0 Å². The molecule has 0 unspecified atom stereocenters. The molecular weight excluding hydrogens is 486 g/mol. The fourth-order valence-corrected chi connectivity index (χ4v) is 4.26. The maximum absolute atomic E-state index is 12.0. The first-order valence-electron chi connectivity index (χ1n) is 13.3. The highest BCUT2D eigenvalue weighted by atomic mass is 16.5. The summed E-state index contributed by atoms with van der Waals surface area (Å²) in [5.41, 5.74) is 2.57. The number of aliphatic hydroxyl groups is 2. The number of benzene rings is 2. The number of aryl methyl sites for hydroxylation is 1. The van der Waals surface area contributed by atoms with Crippen molar-refractivity contribution in [3.63, 3.8) is 0 Å². The van der Waals surface area contributed by atoms with Crippen molar-refractivity contribution in [2.45, 2.75) is 57.7 Å². The average Bonchev–Trinajstić information content (AvgIpc) is 2.91. The van der Waals surface area contributed by atoms with Gasteiger partial charge in [-0.2, -0.15) is 0 Å². The minimum Gasteiger partial charge on any atom is -0.508 e. The van der Waals surface area contributed by atoms with Gasteiger partial charge in [-0.15, -0.1) is 0 Å². The molecule has 1 atom stereocenters. The summed E-state index contributed by atoms with van der Waals surface area (Å²) in [6, 6.07) is 12.6. The summed E-state index contributed by atoms with van der Waals surface area (Å²) in [6.07, 6.45) is 7.86. The molecule has 0 saturated carbocycles. The Hall–Kier alpha value is -3.24. The normalized spacial score (nSPS) is 12.1. The van der Waals surface area contributed by atoms with Crippen molar-refractivity contribution in [1.29, 1.82) is 0 Å². The number of aromatic hydroxyl groups is 1. The molecule has 6 N–H and O–H groups in total. The van der Waals surface area contributed by atoms with E-state index in [0.717, 1.165) is 75.8 Å². The Bertz CT molecular complexity index is 1240. The van der Waals surface area contributed by atoms with Crippen LogP contribution in [0, 0.1) is 0 Å². The number of hydrogen-bond donors (Lipinski definition) is 6. The lowest BCUT2D eigenvalue weighted by molar-refractivity contribution is 0.126. The van der Waals surface area contributed by atoms with Crippen LogP contribution in [0.2, 0.25) is 0 Å². The smallest absolute Gasteiger partial charge is 0.325 e. The van der Waals surface area contributed by atoms with Crippen molar-refractivity contribution < 1.29 is 20.1 Å². The van der Waals surface area contributed by atoms with E-state index in [2.05, 4.69) is 15.3 Å². The van der Waals surface area contributed by atoms with Gasteiger partial charge in [0, 0.05) is 31.5 Å². The Balaban J connectivity index is 1.18. The van der Waals surface area contributed by atoms with Crippen molar-refractivity contribution in [2.24, 2.45) is 0 Å². The second kappa shape index (κ2) is 15.9. The van der Waals surface area contributed by atoms with Gasteiger partial charge in [0.25, 0.3) is 5.56 Å². The van der Waals surface area contributed by atoms with Gasteiger partial charge in [-0.1, -0.05) is 43.2 Å². The summed E-state index contributed by atoms with van der Waals surface area (Å²) in [4.78, 5) is 28.0. The number of H-pyrrole nitrogens is 2. The quantitative estimate of drug-likeness (QED) is 0.148. The molecule has 0 amide bonds. The lowest BCUT2D eigenvalue weighted by atomic mass is 10.0. The molecule has 3 aromatic rings. The van der Waals surface area contributed by atoms with Crippen LogP contribution in [-0.4, -0.2) is 51.6 Å². The van der Waals surface area contributed by atoms with Crippen LogP contribution in [0.3, 0.4) is 0 Å². The summed E-state index contributed by atoms with van der Waals surface area (Å²) in [7, 11) is 0. The van der Waals surface area contributed by atoms with Crippen molar-refractivity contribution in [3.05, 3.63) is 86.2 Å². The standard InChI is InChI=1S/C29H39N3O6/c33-20-24-17-23(11-12-26(24)34)27(35)19-30-13-4-1-2-5-14-38-15-6-3-8-21-9-7-10-22(16-21)25-18-31-29(37)32-28(25)36/h7,9-12,16-18,27,30,33-35H,1-6,8,13-15,19-20H2,(H2,31,32,36,37)/t27-/m0/s1. The van der Waals surface area contributed by atoms with Crippen molar-refractivity contribution in [3.8, 4) is 16.9 Å². The van der Waals surface area contributed by atoms with E-state index in [1.807, 2.05) is 24.3 Å². The molecule has 3 rings (SSSR count). The Morgan fingerprint density at radius 3 is 2.53 bits per heavy atom. The number of unbranched alkanes of at least 4 members (excludes halogenated alkanes) is 4. The number of ether oxygens (including phenoxy) is 1. The number of aromatic amines is 2. The third-order valence-corrected chi connectivity index (χ3v) is 6.45. The lowest BCUT2D eigenvalue weighted by Gasteiger charge is -2.14. The molecule has 1 heterocycles. The van der Waals surface area contributed by atoms with Gasteiger partial charge in [-0.25, -0.2) is 4.79 Å². The number of hydrogen-bond acceptors (Lipinski definition) is 7. The highest BCUT2D eigenvalue weighted by molar-refractivity contribution is 5.62. The number of nitrogens with one attached hydrogen (secondary N) is 3. The Morgan fingerprint density at radius 2 is 1.74 bits per heavy atom. The summed E-state index contributed by atoms with van der Waals surface area (Å²) in [5.74, 6) is 0.0334. The maximum atomic E-state index is 12.0. The van der Waals surface area contributed by atoms with Crippen LogP contribution in [0.1, 0.15) is 61.3 Å². The van der Waals surface area contributed by atoms with E-state index < -0.39 is 17.4 Å². The number of aromatic nitrogens is 2. The monoisotopic (exact) mass is 525 g/mol. The van der Waals surface area contributed by atoms with E-state index in [-0.39, 0.29) is 12.4 Å². The zero-order valence-corrected chi connectivity index (χ0v) is 21.7. The molecule has 2 aromatic carbocycles. The van der Waals surface area contributed by atoms with Gasteiger partial charge in [-0.3, -0.25) is 9.78 Å². The van der Waals surface area contributed by atoms with E-state index in [0.29, 0.717) is 23.2 Å². The summed E-state index contributed by atoms with van der Waals surface area (Å²) >= 11 is 0. The van der Waals surface area contributed by atoms with Crippen LogP contribution >= 0.6 is 0 Å². The predicted octanol–water partition coefficient (Wildman–Crippen LogP) is 3.15. The molecule has 206 valence electrons. The average molecular weight is 526 g/mol. The van der Waals surface area contributed by atoms with Crippen molar-refractivity contribution in [1.82, 2.24) is 15.3 Å². The number of aliphatic hydroxyl groups excluding tert-OH is 2. The molecule has 0 spiro atoms. The topological polar surface area (TPSA) is 148 Å². The minimum atomic E-state index is -0.682. The summed E-state index contributed by atoms with van der Waals surface area (Å²) in [5, 5.41) is 32.4. The molecule has 0 bridgehead atoms. The van der Waals surface area contributed by atoms with Gasteiger partial charge in [0.2, 0.25) is 0 Å². The molecule has 38 heavy (non-hydrogen) atoms. The zero-order valence-electron chi connectivity index (χ0n) is 21.7. The van der Waals surface area contributed by atoms with E-state index in [1.54, 1.807) is 12.1 Å². The second-order valence-corrected chi connectivity index (χ2v) is 9.44. The van der Waals surface area contributed by atoms with Gasteiger partial charge in [0.15, 0.2) is 0 Å². The Morgan fingerprint density at radius 1 is 0.947 bits per heavy atom. The van der Waals surface area contributed by atoms with Crippen LogP contribution in [0.25, 0.3) is 11.1 Å². The van der Waals surface area contributed by atoms with E-state index in [9.17, 15) is 24.9 Å². The summed E-state index contributed by atoms with van der Waals surface area (Å²) in [6.45, 7) is 2.47. The molecule has 1 aromatic heterocycles. The molecular formula is C29H39N3O6. The molecule has 0 saturated heterocycles. The van der Waals surface area contributed by atoms with Gasteiger partial charge >= 0.3 is 5.69 Å². The Labute approximate surface area is 222 Å². The number of rotatable bonds is 17. The fraction of sp³-hybridized carbons (Fsp3) is 0.448. The third kappa shape index (κ3) is 9.57. The van der Waals surface area contributed by atoms with E-state index in [4.69, 9.17) is 4.74 Å². The van der Waals surface area contributed by atoms with Crippen molar-refractivity contribution in [2.75, 3.05) is 26.3 Å². The Kier molecular flexibility index (Phi) is 12.3.